The number of rotatable bonds is 3. The van der Waals surface area contributed by atoms with Gasteiger partial charge in [0, 0.05) is 5.39 Å². The van der Waals surface area contributed by atoms with Gasteiger partial charge in [-0.3, -0.25) is 9.59 Å². The number of benzene rings is 1. The second kappa shape index (κ2) is 5.43. The van der Waals surface area contributed by atoms with Crippen LogP contribution in [0.2, 0.25) is 0 Å². The SMILES string of the molecule is COC(=O)C(C(=O)OC)c1ncnc2ccccc12. The van der Waals surface area contributed by atoms with E-state index in [2.05, 4.69) is 19.4 Å². The third kappa shape index (κ3) is 2.37. The average Bonchev–Trinajstić information content (AvgIpc) is 2.47. The fourth-order valence-corrected chi connectivity index (χ4v) is 1.81. The fourth-order valence-electron chi connectivity index (χ4n) is 1.81. The van der Waals surface area contributed by atoms with Gasteiger partial charge in [-0.25, -0.2) is 9.97 Å². The van der Waals surface area contributed by atoms with E-state index >= 15 is 0 Å². The van der Waals surface area contributed by atoms with Gasteiger partial charge in [0.05, 0.1) is 25.4 Å². The number of carbonyl (C=O) groups is 2. The molecule has 0 atom stereocenters. The van der Waals surface area contributed by atoms with Crippen LogP contribution in [0.15, 0.2) is 30.6 Å². The minimum atomic E-state index is -1.21. The molecule has 98 valence electrons. The minimum absolute atomic E-state index is 0.282. The maximum absolute atomic E-state index is 11.8. The number of nitrogens with zero attached hydrogens (tertiary/aromatic N) is 2. The molecule has 0 N–H and O–H groups in total. The number of hydrogen-bond donors (Lipinski definition) is 0. The van der Waals surface area contributed by atoms with E-state index in [0.717, 1.165) is 0 Å². The van der Waals surface area contributed by atoms with Crippen molar-refractivity contribution >= 4 is 22.8 Å². The van der Waals surface area contributed by atoms with E-state index in [4.69, 9.17) is 0 Å². The van der Waals surface area contributed by atoms with Crippen molar-refractivity contribution in [3.05, 3.63) is 36.3 Å². The van der Waals surface area contributed by atoms with Crippen LogP contribution in [0, 0.1) is 0 Å². The molecule has 2 rings (SSSR count). The van der Waals surface area contributed by atoms with Crippen LogP contribution < -0.4 is 0 Å². The summed E-state index contributed by atoms with van der Waals surface area (Å²) in [4.78, 5) is 31.7. The Bertz CT molecular complexity index is 606. The third-order valence-electron chi connectivity index (χ3n) is 2.72. The minimum Gasteiger partial charge on any atom is -0.468 e. The van der Waals surface area contributed by atoms with Crippen LogP contribution in [-0.2, 0) is 19.1 Å². The normalized spacial score (nSPS) is 10.5. The summed E-state index contributed by atoms with van der Waals surface area (Å²) in [6.45, 7) is 0. The number of fused-ring (bicyclic) bond motifs is 1. The lowest BCUT2D eigenvalue weighted by Crippen LogP contribution is -2.25. The standard InChI is InChI=1S/C13H12N2O4/c1-18-12(16)10(13(17)19-2)11-8-5-3-4-6-9(8)14-7-15-11/h3-7,10H,1-2H3. The predicted octanol–water partition coefficient (Wildman–Crippen LogP) is 1.06. The van der Waals surface area contributed by atoms with Crippen molar-refractivity contribution < 1.29 is 19.1 Å². The molecule has 0 aliphatic carbocycles. The Hall–Kier alpha value is -2.50. The quantitative estimate of drug-likeness (QED) is 0.606. The molecule has 0 unspecified atom stereocenters. The lowest BCUT2D eigenvalue weighted by atomic mass is 10.0. The van der Waals surface area contributed by atoms with Crippen molar-refractivity contribution in [2.75, 3.05) is 14.2 Å². The smallest absolute Gasteiger partial charge is 0.326 e. The summed E-state index contributed by atoms with van der Waals surface area (Å²) in [5.74, 6) is -2.63. The number of para-hydroxylation sites is 1. The molecule has 0 amide bonds. The maximum Gasteiger partial charge on any atom is 0.326 e. The van der Waals surface area contributed by atoms with Crippen molar-refractivity contribution in [1.29, 1.82) is 0 Å². The molecule has 6 heteroatoms. The van der Waals surface area contributed by atoms with Gasteiger partial charge >= 0.3 is 11.9 Å². The first-order valence-corrected chi connectivity index (χ1v) is 5.54. The van der Waals surface area contributed by atoms with Crippen LogP contribution in [0.3, 0.4) is 0 Å². The molecule has 1 heterocycles. The Morgan fingerprint density at radius 3 is 2.32 bits per heavy atom. The van der Waals surface area contributed by atoms with Gasteiger partial charge in [-0.2, -0.15) is 0 Å². The van der Waals surface area contributed by atoms with E-state index in [0.29, 0.717) is 10.9 Å². The zero-order valence-electron chi connectivity index (χ0n) is 10.5. The molecule has 0 saturated heterocycles. The van der Waals surface area contributed by atoms with Crippen LogP contribution in [0.1, 0.15) is 11.6 Å². The van der Waals surface area contributed by atoms with Crippen molar-refractivity contribution in [3.8, 4) is 0 Å². The monoisotopic (exact) mass is 260 g/mol. The summed E-state index contributed by atoms with van der Waals surface area (Å²) >= 11 is 0. The molecule has 0 spiro atoms. The van der Waals surface area contributed by atoms with Crippen molar-refractivity contribution in [2.45, 2.75) is 5.92 Å². The third-order valence-corrected chi connectivity index (χ3v) is 2.72. The summed E-state index contributed by atoms with van der Waals surface area (Å²) in [5, 5.41) is 0.616. The zero-order chi connectivity index (χ0) is 13.8. The van der Waals surface area contributed by atoms with E-state index in [1.807, 2.05) is 6.07 Å². The summed E-state index contributed by atoms with van der Waals surface area (Å²) in [5.41, 5.74) is 0.926. The highest BCUT2D eigenvalue weighted by molar-refractivity contribution is 6.03. The Morgan fingerprint density at radius 2 is 1.68 bits per heavy atom. The summed E-state index contributed by atoms with van der Waals surface area (Å²) in [6, 6.07) is 7.10. The van der Waals surface area contributed by atoms with Gasteiger partial charge in [0.2, 0.25) is 0 Å². The van der Waals surface area contributed by atoms with Crippen LogP contribution in [-0.4, -0.2) is 36.1 Å². The first-order chi connectivity index (χ1) is 9.19. The van der Waals surface area contributed by atoms with Crippen molar-refractivity contribution in [1.82, 2.24) is 9.97 Å². The fraction of sp³-hybridized carbons (Fsp3) is 0.231. The van der Waals surface area contributed by atoms with E-state index in [-0.39, 0.29) is 5.69 Å². The second-order valence-electron chi connectivity index (χ2n) is 3.76. The Balaban J connectivity index is 2.62. The molecule has 6 nitrogen and oxygen atoms in total. The molecular weight excluding hydrogens is 248 g/mol. The molecular formula is C13H12N2O4. The van der Waals surface area contributed by atoms with E-state index < -0.39 is 17.9 Å². The van der Waals surface area contributed by atoms with E-state index in [1.165, 1.54) is 20.5 Å². The highest BCUT2D eigenvalue weighted by Gasteiger charge is 2.33. The molecule has 0 bridgehead atoms. The van der Waals surface area contributed by atoms with Crippen LogP contribution >= 0.6 is 0 Å². The van der Waals surface area contributed by atoms with Crippen molar-refractivity contribution in [3.63, 3.8) is 0 Å². The molecule has 1 aromatic carbocycles. The van der Waals surface area contributed by atoms with Crippen LogP contribution in [0.4, 0.5) is 0 Å². The van der Waals surface area contributed by atoms with Crippen molar-refractivity contribution in [2.24, 2.45) is 0 Å². The average molecular weight is 260 g/mol. The van der Waals surface area contributed by atoms with Gasteiger partial charge in [0.15, 0.2) is 5.92 Å². The number of aromatic nitrogens is 2. The van der Waals surface area contributed by atoms with Gasteiger partial charge in [-0.15, -0.1) is 0 Å². The van der Waals surface area contributed by atoms with Crippen LogP contribution in [0.25, 0.3) is 10.9 Å². The molecule has 1 aromatic heterocycles. The first-order valence-electron chi connectivity index (χ1n) is 5.54. The lowest BCUT2D eigenvalue weighted by Gasteiger charge is -2.13. The largest absolute Gasteiger partial charge is 0.468 e. The van der Waals surface area contributed by atoms with Gasteiger partial charge < -0.3 is 9.47 Å². The number of methoxy groups -OCH3 is 2. The van der Waals surface area contributed by atoms with Gasteiger partial charge in [-0.1, -0.05) is 18.2 Å². The van der Waals surface area contributed by atoms with E-state index in [9.17, 15) is 9.59 Å². The number of carbonyl (C=O) groups excluding carboxylic acids is 2. The summed E-state index contributed by atoms with van der Waals surface area (Å²) < 4.78 is 9.28. The summed E-state index contributed by atoms with van der Waals surface area (Å²) in [6.07, 6.45) is 1.30. The van der Waals surface area contributed by atoms with Crippen LogP contribution in [0.5, 0.6) is 0 Å². The zero-order valence-corrected chi connectivity index (χ0v) is 10.5. The lowest BCUT2D eigenvalue weighted by molar-refractivity contribution is -0.154. The van der Waals surface area contributed by atoms with Gasteiger partial charge in [0.25, 0.3) is 0 Å². The molecule has 0 fully saturated rings. The maximum atomic E-state index is 11.8. The Kier molecular flexibility index (Phi) is 3.70. The number of hydrogen-bond acceptors (Lipinski definition) is 6. The Labute approximate surface area is 109 Å². The van der Waals surface area contributed by atoms with Gasteiger partial charge in [-0.05, 0) is 6.07 Å². The van der Waals surface area contributed by atoms with Gasteiger partial charge in [0.1, 0.15) is 6.33 Å². The highest BCUT2D eigenvalue weighted by Crippen LogP contribution is 2.24. The predicted molar refractivity (Wildman–Crippen MR) is 66.3 cm³/mol. The first kappa shape index (κ1) is 12.9. The topological polar surface area (TPSA) is 78.4 Å². The number of ether oxygens (including phenoxy) is 2. The molecule has 0 saturated carbocycles. The second-order valence-corrected chi connectivity index (χ2v) is 3.76. The molecule has 0 aliphatic rings. The molecule has 0 radical (unpaired) electrons. The summed E-state index contributed by atoms with van der Waals surface area (Å²) in [7, 11) is 2.42. The molecule has 0 aliphatic heterocycles. The number of esters is 2. The Morgan fingerprint density at radius 1 is 1.05 bits per heavy atom. The van der Waals surface area contributed by atoms with E-state index in [1.54, 1.807) is 18.2 Å². The highest BCUT2D eigenvalue weighted by atomic mass is 16.5. The molecule has 2 aromatic rings. The molecule has 19 heavy (non-hydrogen) atoms.